The Labute approximate surface area is 163 Å². The number of nitrogens with zero attached hydrogens (tertiary/aromatic N) is 3. The lowest BCUT2D eigenvalue weighted by Gasteiger charge is -2.25. The van der Waals surface area contributed by atoms with Crippen molar-refractivity contribution < 1.29 is 13.6 Å². The number of likely N-dealkylation sites (tertiary alicyclic amines) is 1. The molecule has 0 saturated carbocycles. The van der Waals surface area contributed by atoms with Crippen LogP contribution in [0.1, 0.15) is 30.3 Å². The second-order valence-electron chi connectivity index (χ2n) is 6.69. The summed E-state index contributed by atoms with van der Waals surface area (Å²) in [6, 6.07) is 13.4. The molecule has 1 N–H and O–H groups in total. The fourth-order valence-corrected chi connectivity index (χ4v) is 3.51. The highest BCUT2D eigenvalue weighted by atomic mass is 16.5. The molecule has 0 aliphatic carbocycles. The number of furan rings is 1. The van der Waals surface area contributed by atoms with E-state index < -0.39 is 0 Å². The van der Waals surface area contributed by atoms with Crippen LogP contribution in [0, 0.1) is 11.3 Å². The molecule has 3 aromatic rings. The SMILES string of the molecule is COc1ccc(-c2nc(C#N)c(NCC(c3ccco3)N3CCCC3)o2)cc1. The number of hydrogen-bond donors (Lipinski definition) is 1. The Bertz CT molecular complexity index is 935. The molecule has 1 atom stereocenters. The molecule has 1 aliphatic rings. The van der Waals surface area contributed by atoms with Crippen LogP contribution in [-0.2, 0) is 0 Å². The van der Waals surface area contributed by atoms with Gasteiger partial charge in [0, 0.05) is 12.1 Å². The van der Waals surface area contributed by atoms with Crippen LogP contribution < -0.4 is 10.1 Å². The van der Waals surface area contributed by atoms with E-state index in [1.165, 1.54) is 12.8 Å². The Balaban J connectivity index is 1.53. The lowest BCUT2D eigenvalue weighted by Crippen LogP contribution is -2.30. The molecular formula is C21H22N4O3. The lowest BCUT2D eigenvalue weighted by atomic mass is 10.2. The first kappa shape index (κ1) is 18.1. The van der Waals surface area contributed by atoms with Crippen molar-refractivity contribution in [3.8, 4) is 23.3 Å². The molecule has 3 heterocycles. The summed E-state index contributed by atoms with van der Waals surface area (Å²) in [5.41, 5.74) is 1.03. The first-order valence-electron chi connectivity index (χ1n) is 9.35. The Hall–Kier alpha value is -3.24. The molecule has 4 rings (SSSR count). The number of aromatic nitrogens is 1. The number of oxazole rings is 1. The van der Waals surface area contributed by atoms with Crippen molar-refractivity contribution in [3.63, 3.8) is 0 Å². The van der Waals surface area contributed by atoms with Crippen molar-refractivity contribution in [1.82, 2.24) is 9.88 Å². The molecule has 0 radical (unpaired) electrons. The molecular weight excluding hydrogens is 356 g/mol. The van der Waals surface area contributed by atoms with Gasteiger partial charge in [-0.1, -0.05) is 0 Å². The van der Waals surface area contributed by atoms with Crippen molar-refractivity contribution in [1.29, 1.82) is 5.26 Å². The van der Waals surface area contributed by atoms with Crippen LogP contribution in [0.3, 0.4) is 0 Å². The summed E-state index contributed by atoms with van der Waals surface area (Å²) in [6.45, 7) is 2.64. The molecule has 144 valence electrons. The summed E-state index contributed by atoms with van der Waals surface area (Å²) in [5.74, 6) is 2.44. The Morgan fingerprint density at radius 2 is 2.04 bits per heavy atom. The van der Waals surface area contributed by atoms with Crippen molar-refractivity contribution in [2.24, 2.45) is 0 Å². The van der Waals surface area contributed by atoms with Crippen LogP contribution in [-0.4, -0.2) is 36.6 Å². The fourth-order valence-electron chi connectivity index (χ4n) is 3.51. The summed E-state index contributed by atoms with van der Waals surface area (Å²) in [7, 11) is 1.62. The highest BCUT2D eigenvalue weighted by Crippen LogP contribution is 2.29. The molecule has 1 fully saturated rings. The zero-order valence-corrected chi connectivity index (χ0v) is 15.7. The molecule has 0 spiro atoms. The van der Waals surface area contributed by atoms with Crippen LogP contribution in [0.15, 0.2) is 51.5 Å². The van der Waals surface area contributed by atoms with Crippen LogP contribution in [0.5, 0.6) is 5.75 Å². The summed E-state index contributed by atoms with van der Waals surface area (Å²) in [4.78, 5) is 6.71. The highest BCUT2D eigenvalue weighted by Gasteiger charge is 2.26. The summed E-state index contributed by atoms with van der Waals surface area (Å²) >= 11 is 0. The first-order valence-corrected chi connectivity index (χ1v) is 9.35. The number of nitrogens with one attached hydrogen (secondary N) is 1. The number of hydrogen-bond acceptors (Lipinski definition) is 7. The number of rotatable bonds is 7. The predicted octanol–water partition coefficient (Wildman–Crippen LogP) is 4.06. The normalized spacial score (nSPS) is 15.3. The molecule has 0 amide bonds. The minimum absolute atomic E-state index is 0.0820. The maximum atomic E-state index is 9.46. The van der Waals surface area contributed by atoms with E-state index in [0.29, 0.717) is 18.3 Å². The molecule has 1 unspecified atom stereocenters. The van der Waals surface area contributed by atoms with E-state index in [-0.39, 0.29) is 11.7 Å². The van der Waals surface area contributed by atoms with E-state index in [9.17, 15) is 5.26 Å². The van der Waals surface area contributed by atoms with Gasteiger partial charge in [-0.3, -0.25) is 4.90 Å². The van der Waals surface area contributed by atoms with E-state index >= 15 is 0 Å². The number of methoxy groups -OCH3 is 1. The standard InChI is InChI=1S/C21H22N4O3/c1-26-16-8-6-15(7-9-16)20-24-17(13-22)21(28-20)23-14-18(19-5-4-12-27-19)25-10-2-3-11-25/h4-9,12,18,23H,2-3,10-11,14H2,1H3. The average molecular weight is 378 g/mol. The zero-order valence-electron chi connectivity index (χ0n) is 15.7. The minimum Gasteiger partial charge on any atom is -0.497 e. The van der Waals surface area contributed by atoms with Gasteiger partial charge in [-0.05, 0) is 62.3 Å². The minimum atomic E-state index is 0.0820. The number of benzene rings is 1. The second-order valence-corrected chi connectivity index (χ2v) is 6.69. The van der Waals surface area contributed by atoms with Crippen molar-refractivity contribution in [3.05, 3.63) is 54.1 Å². The topological polar surface area (TPSA) is 87.5 Å². The lowest BCUT2D eigenvalue weighted by molar-refractivity contribution is 0.224. The van der Waals surface area contributed by atoms with E-state index in [0.717, 1.165) is 30.2 Å². The van der Waals surface area contributed by atoms with Gasteiger partial charge in [0.25, 0.3) is 0 Å². The van der Waals surface area contributed by atoms with Crippen LogP contribution in [0.2, 0.25) is 0 Å². The smallest absolute Gasteiger partial charge is 0.232 e. The molecule has 1 aliphatic heterocycles. The largest absolute Gasteiger partial charge is 0.497 e. The van der Waals surface area contributed by atoms with E-state index in [1.807, 2.05) is 36.4 Å². The van der Waals surface area contributed by atoms with Gasteiger partial charge in [0.1, 0.15) is 17.6 Å². The van der Waals surface area contributed by atoms with Gasteiger partial charge in [-0.25, -0.2) is 0 Å². The van der Waals surface area contributed by atoms with E-state index in [2.05, 4.69) is 21.3 Å². The monoisotopic (exact) mass is 378 g/mol. The Morgan fingerprint density at radius 3 is 2.68 bits per heavy atom. The van der Waals surface area contributed by atoms with Crippen LogP contribution in [0.25, 0.3) is 11.5 Å². The number of ether oxygens (including phenoxy) is 1. The third kappa shape index (κ3) is 3.73. The first-order chi connectivity index (χ1) is 13.8. The van der Waals surface area contributed by atoms with Crippen molar-refractivity contribution in [2.45, 2.75) is 18.9 Å². The van der Waals surface area contributed by atoms with Gasteiger partial charge < -0.3 is 18.9 Å². The molecule has 1 saturated heterocycles. The Morgan fingerprint density at radius 1 is 1.25 bits per heavy atom. The number of nitriles is 1. The van der Waals surface area contributed by atoms with Gasteiger partial charge >= 0.3 is 0 Å². The van der Waals surface area contributed by atoms with Gasteiger partial charge in [0.15, 0.2) is 0 Å². The zero-order chi connectivity index (χ0) is 19.3. The fraction of sp³-hybridized carbons (Fsp3) is 0.333. The molecule has 0 bridgehead atoms. The average Bonchev–Trinajstić information content (AvgIpc) is 3.50. The molecule has 2 aromatic heterocycles. The van der Waals surface area contributed by atoms with Crippen molar-refractivity contribution >= 4 is 5.88 Å². The maximum absolute atomic E-state index is 9.46. The Kier molecular flexibility index (Phi) is 5.31. The summed E-state index contributed by atoms with van der Waals surface area (Å²) in [6.07, 6.45) is 4.06. The second kappa shape index (κ2) is 8.19. The van der Waals surface area contributed by atoms with Gasteiger partial charge in [0.2, 0.25) is 17.5 Å². The quantitative estimate of drug-likeness (QED) is 0.663. The van der Waals surface area contributed by atoms with E-state index in [1.54, 1.807) is 13.4 Å². The van der Waals surface area contributed by atoms with Crippen LogP contribution >= 0.6 is 0 Å². The van der Waals surface area contributed by atoms with Crippen molar-refractivity contribution in [2.75, 3.05) is 32.1 Å². The molecule has 1 aromatic carbocycles. The third-order valence-corrected chi connectivity index (χ3v) is 4.98. The maximum Gasteiger partial charge on any atom is 0.232 e. The van der Waals surface area contributed by atoms with Gasteiger partial charge in [-0.2, -0.15) is 10.2 Å². The summed E-state index contributed by atoms with van der Waals surface area (Å²) < 4.78 is 16.7. The molecule has 7 nitrogen and oxygen atoms in total. The highest BCUT2D eigenvalue weighted by molar-refractivity contribution is 5.59. The molecule has 7 heteroatoms. The third-order valence-electron chi connectivity index (χ3n) is 4.98. The van der Waals surface area contributed by atoms with Gasteiger partial charge in [-0.15, -0.1) is 0 Å². The van der Waals surface area contributed by atoms with Gasteiger partial charge in [0.05, 0.1) is 19.4 Å². The van der Waals surface area contributed by atoms with E-state index in [4.69, 9.17) is 13.6 Å². The summed E-state index contributed by atoms with van der Waals surface area (Å²) in [5, 5.41) is 12.7. The molecule has 28 heavy (non-hydrogen) atoms. The number of anilines is 1. The predicted molar refractivity (Wildman–Crippen MR) is 104 cm³/mol. The van der Waals surface area contributed by atoms with Crippen LogP contribution in [0.4, 0.5) is 5.88 Å².